The highest BCUT2D eigenvalue weighted by atomic mass is 19.1. The molecule has 0 amide bonds. The van der Waals surface area contributed by atoms with Gasteiger partial charge in [0.25, 0.3) is 5.69 Å². The van der Waals surface area contributed by atoms with Crippen molar-refractivity contribution in [3.05, 3.63) is 39.7 Å². The van der Waals surface area contributed by atoms with Gasteiger partial charge in [0.1, 0.15) is 5.82 Å². The molecular weight excluding hydrogens is 233 g/mol. The lowest BCUT2D eigenvalue weighted by atomic mass is 10.1. The number of esters is 1. The highest BCUT2D eigenvalue weighted by Gasteiger charge is 2.19. The lowest BCUT2D eigenvalue weighted by Gasteiger charge is -2.10. The summed E-state index contributed by atoms with van der Waals surface area (Å²) in [5.41, 5.74) is -0.600. The van der Waals surface area contributed by atoms with Crippen molar-refractivity contribution in [2.45, 2.75) is 12.5 Å². The molecule has 0 aliphatic heterocycles. The Labute approximate surface area is 95.8 Å². The number of nitrogens with zero attached hydrogens (tertiary/aromatic N) is 1. The van der Waals surface area contributed by atoms with Gasteiger partial charge < -0.3 is 9.84 Å². The SMILES string of the molecule is COC(=O)C[C@@H](O)c1ccc([N+](=O)[O-])cc1F. The fourth-order valence-corrected chi connectivity index (χ4v) is 1.25. The highest BCUT2D eigenvalue weighted by molar-refractivity contribution is 5.70. The van der Waals surface area contributed by atoms with Crippen LogP contribution in [0.1, 0.15) is 18.1 Å². The Morgan fingerprint density at radius 1 is 1.65 bits per heavy atom. The largest absolute Gasteiger partial charge is 0.469 e. The van der Waals surface area contributed by atoms with E-state index < -0.39 is 34.9 Å². The predicted molar refractivity (Wildman–Crippen MR) is 54.6 cm³/mol. The van der Waals surface area contributed by atoms with E-state index in [4.69, 9.17) is 0 Å². The number of carbonyl (C=O) groups excluding carboxylic acids is 1. The Morgan fingerprint density at radius 2 is 2.29 bits per heavy atom. The molecule has 17 heavy (non-hydrogen) atoms. The van der Waals surface area contributed by atoms with E-state index in [1.54, 1.807) is 0 Å². The van der Waals surface area contributed by atoms with Crippen molar-refractivity contribution < 1.29 is 24.0 Å². The van der Waals surface area contributed by atoms with Crippen molar-refractivity contribution in [1.29, 1.82) is 0 Å². The van der Waals surface area contributed by atoms with E-state index in [0.29, 0.717) is 6.07 Å². The maximum absolute atomic E-state index is 13.4. The molecule has 0 aliphatic rings. The Bertz CT molecular complexity index is 448. The van der Waals surface area contributed by atoms with E-state index >= 15 is 0 Å². The smallest absolute Gasteiger partial charge is 0.308 e. The fourth-order valence-electron chi connectivity index (χ4n) is 1.25. The quantitative estimate of drug-likeness (QED) is 0.489. The van der Waals surface area contributed by atoms with Gasteiger partial charge in [-0.1, -0.05) is 0 Å². The standard InChI is InChI=1S/C10H10FNO5/c1-17-10(14)5-9(13)7-3-2-6(12(15)16)4-8(7)11/h2-4,9,13H,5H2,1H3/t9-/m1/s1. The molecule has 0 bridgehead atoms. The summed E-state index contributed by atoms with van der Waals surface area (Å²) in [4.78, 5) is 20.5. The lowest BCUT2D eigenvalue weighted by Crippen LogP contribution is -2.09. The number of rotatable bonds is 4. The monoisotopic (exact) mass is 243 g/mol. The minimum Gasteiger partial charge on any atom is -0.469 e. The molecule has 0 aromatic heterocycles. The summed E-state index contributed by atoms with van der Waals surface area (Å²) in [6.07, 6.45) is -1.80. The first-order valence-electron chi connectivity index (χ1n) is 4.64. The van der Waals surface area contributed by atoms with Crippen molar-refractivity contribution in [3.8, 4) is 0 Å². The number of aliphatic hydroxyl groups is 1. The van der Waals surface area contributed by atoms with Crippen molar-refractivity contribution in [3.63, 3.8) is 0 Å². The van der Waals surface area contributed by atoms with Crippen LogP contribution >= 0.6 is 0 Å². The number of hydrogen-bond donors (Lipinski definition) is 1. The molecule has 1 atom stereocenters. The number of methoxy groups -OCH3 is 1. The van der Waals surface area contributed by atoms with Crippen molar-refractivity contribution in [2.75, 3.05) is 7.11 Å². The molecule has 0 saturated carbocycles. The van der Waals surface area contributed by atoms with E-state index in [1.807, 2.05) is 0 Å². The second-order valence-corrected chi connectivity index (χ2v) is 3.26. The van der Waals surface area contributed by atoms with Crippen LogP contribution in [0.5, 0.6) is 0 Å². The average molecular weight is 243 g/mol. The molecule has 0 unspecified atom stereocenters. The maximum Gasteiger partial charge on any atom is 0.308 e. The normalized spacial score (nSPS) is 11.9. The summed E-state index contributed by atoms with van der Waals surface area (Å²) in [6, 6.07) is 2.82. The topological polar surface area (TPSA) is 89.7 Å². The summed E-state index contributed by atoms with van der Waals surface area (Å²) in [5, 5.41) is 19.9. The number of carbonyl (C=O) groups is 1. The minimum absolute atomic E-state index is 0.180. The number of nitro benzene ring substituents is 1. The summed E-state index contributed by atoms with van der Waals surface area (Å²) >= 11 is 0. The van der Waals surface area contributed by atoms with Crippen LogP contribution in [0.4, 0.5) is 10.1 Å². The first kappa shape index (κ1) is 13.0. The second-order valence-electron chi connectivity index (χ2n) is 3.26. The van der Waals surface area contributed by atoms with Crippen LogP contribution < -0.4 is 0 Å². The number of ether oxygens (including phenoxy) is 1. The average Bonchev–Trinajstić information content (AvgIpc) is 2.28. The molecule has 0 heterocycles. The third-order valence-corrected chi connectivity index (χ3v) is 2.14. The van der Waals surface area contributed by atoms with Gasteiger partial charge in [-0.3, -0.25) is 14.9 Å². The van der Waals surface area contributed by atoms with E-state index in [0.717, 1.165) is 19.2 Å². The molecule has 0 fully saturated rings. The van der Waals surface area contributed by atoms with E-state index in [2.05, 4.69) is 4.74 Å². The number of hydrogen-bond acceptors (Lipinski definition) is 5. The van der Waals surface area contributed by atoms with Gasteiger partial charge in [0.2, 0.25) is 0 Å². The zero-order valence-corrected chi connectivity index (χ0v) is 8.92. The zero-order chi connectivity index (χ0) is 13.0. The summed E-state index contributed by atoms with van der Waals surface area (Å²) < 4.78 is 17.7. The molecule has 1 N–H and O–H groups in total. The Kier molecular flexibility index (Phi) is 4.11. The van der Waals surface area contributed by atoms with Gasteiger partial charge in [0.15, 0.2) is 0 Å². The molecule has 0 radical (unpaired) electrons. The maximum atomic E-state index is 13.4. The third kappa shape index (κ3) is 3.22. The Balaban J connectivity index is 2.92. The first-order chi connectivity index (χ1) is 7.95. The van der Waals surface area contributed by atoms with E-state index in [-0.39, 0.29) is 5.56 Å². The molecule has 0 aliphatic carbocycles. The minimum atomic E-state index is -1.39. The van der Waals surface area contributed by atoms with E-state index in [9.17, 15) is 24.4 Å². The Hall–Kier alpha value is -2.02. The molecule has 6 nitrogen and oxygen atoms in total. The van der Waals surface area contributed by atoms with Gasteiger partial charge in [-0.05, 0) is 6.07 Å². The molecule has 92 valence electrons. The number of aliphatic hydroxyl groups excluding tert-OH is 1. The van der Waals surface area contributed by atoms with Crippen LogP contribution in [0.25, 0.3) is 0 Å². The van der Waals surface area contributed by atoms with Crippen LogP contribution in [0.3, 0.4) is 0 Å². The van der Waals surface area contributed by atoms with Gasteiger partial charge in [-0.15, -0.1) is 0 Å². The fraction of sp³-hybridized carbons (Fsp3) is 0.300. The lowest BCUT2D eigenvalue weighted by molar-refractivity contribution is -0.385. The molecule has 0 saturated heterocycles. The van der Waals surface area contributed by atoms with Crippen LogP contribution in [0.2, 0.25) is 0 Å². The van der Waals surface area contributed by atoms with Crippen molar-refractivity contribution in [1.82, 2.24) is 0 Å². The van der Waals surface area contributed by atoms with Crippen LogP contribution in [-0.4, -0.2) is 23.1 Å². The molecular formula is C10H10FNO5. The summed E-state index contributed by atoms with van der Waals surface area (Å²) in [7, 11) is 1.14. The van der Waals surface area contributed by atoms with Crippen molar-refractivity contribution >= 4 is 11.7 Å². The van der Waals surface area contributed by atoms with Gasteiger partial charge in [0, 0.05) is 11.6 Å². The zero-order valence-electron chi connectivity index (χ0n) is 8.92. The highest BCUT2D eigenvalue weighted by Crippen LogP contribution is 2.24. The summed E-state index contributed by atoms with van der Waals surface area (Å²) in [6.45, 7) is 0. The number of non-ortho nitro benzene ring substituents is 1. The van der Waals surface area contributed by atoms with Crippen LogP contribution in [0.15, 0.2) is 18.2 Å². The molecule has 7 heteroatoms. The van der Waals surface area contributed by atoms with Gasteiger partial charge in [0.05, 0.1) is 30.6 Å². The predicted octanol–water partition coefficient (Wildman–Crippen LogP) is 1.33. The number of nitro groups is 1. The van der Waals surface area contributed by atoms with Gasteiger partial charge in [-0.2, -0.15) is 0 Å². The molecule has 1 aromatic carbocycles. The van der Waals surface area contributed by atoms with Gasteiger partial charge in [-0.25, -0.2) is 4.39 Å². The molecule has 1 rings (SSSR count). The van der Waals surface area contributed by atoms with Crippen LogP contribution in [0, 0.1) is 15.9 Å². The third-order valence-electron chi connectivity index (χ3n) is 2.14. The summed E-state index contributed by atoms with van der Waals surface area (Å²) in [5.74, 6) is -1.63. The molecule has 1 aromatic rings. The van der Waals surface area contributed by atoms with Gasteiger partial charge >= 0.3 is 5.97 Å². The number of halogens is 1. The van der Waals surface area contributed by atoms with E-state index in [1.165, 1.54) is 0 Å². The second kappa shape index (κ2) is 5.35. The van der Waals surface area contributed by atoms with Crippen molar-refractivity contribution in [2.24, 2.45) is 0 Å². The Morgan fingerprint density at radius 3 is 2.76 bits per heavy atom. The van der Waals surface area contributed by atoms with Crippen LogP contribution in [-0.2, 0) is 9.53 Å². The number of benzene rings is 1. The first-order valence-corrected chi connectivity index (χ1v) is 4.64. The molecule has 0 spiro atoms.